The molecule has 0 spiro atoms. The van der Waals surface area contributed by atoms with Gasteiger partial charge in [-0.1, -0.05) is 6.58 Å². The summed E-state index contributed by atoms with van der Waals surface area (Å²) < 4.78 is 34.7. The molecule has 134 valence electrons. The Balaban J connectivity index is 1.83. The molecule has 10 heteroatoms. The lowest BCUT2D eigenvalue weighted by molar-refractivity contribution is -0.118. The number of nitrogens with one attached hydrogen (secondary N) is 1. The molecule has 0 aromatic rings. The SMILES string of the molecule is C=C1NC(=O)C=CN1[C@@H]1O[C@@H]2CO[P@](=O)(OC(C)C)O[C@H]2[C@@]1(C)N. The van der Waals surface area contributed by atoms with Gasteiger partial charge in [-0.2, -0.15) is 0 Å². The molecule has 0 bridgehead atoms. The highest BCUT2D eigenvalue weighted by molar-refractivity contribution is 7.48. The molecule has 3 heterocycles. The molecule has 0 unspecified atom stereocenters. The number of phosphoric acid groups is 1. The van der Waals surface area contributed by atoms with E-state index in [-0.39, 0.29) is 18.6 Å². The normalized spacial score (nSPS) is 42.4. The number of ether oxygens (including phenoxy) is 1. The smallest absolute Gasteiger partial charge is 0.347 e. The highest BCUT2D eigenvalue weighted by Crippen LogP contribution is 2.58. The van der Waals surface area contributed by atoms with Crippen molar-refractivity contribution >= 4 is 13.7 Å². The maximum Gasteiger partial charge on any atom is 0.475 e. The van der Waals surface area contributed by atoms with Gasteiger partial charge < -0.3 is 20.7 Å². The van der Waals surface area contributed by atoms with Crippen LogP contribution in [0.4, 0.5) is 0 Å². The van der Waals surface area contributed by atoms with E-state index in [1.54, 1.807) is 31.9 Å². The van der Waals surface area contributed by atoms with Crippen molar-refractivity contribution in [1.82, 2.24) is 10.2 Å². The third-order valence-corrected chi connectivity index (χ3v) is 5.61. The third-order valence-electron chi connectivity index (χ3n) is 3.98. The predicted octanol–water partition coefficient (Wildman–Crippen LogP) is 0.794. The molecular formula is C14H22N3O6P. The van der Waals surface area contributed by atoms with Gasteiger partial charge in [-0.05, 0) is 20.8 Å². The molecule has 2 fully saturated rings. The number of hydrogen-bond acceptors (Lipinski definition) is 8. The second-order valence-corrected chi connectivity index (χ2v) is 8.05. The van der Waals surface area contributed by atoms with Gasteiger partial charge in [0.2, 0.25) is 0 Å². The van der Waals surface area contributed by atoms with Crippen molar-refractivity contribution in [1.29, 1.82) is 0 Å². The zero-order chi connectivity index (χ0) is 17.7. The quantitative estimate of drug-likeness (QED) is 0.712. The summed E-state index contributed by atoms with van der Waals surface area (Å²) in [6.45, 7) is 9.03. The van der Waals surface area contributed by atoms with Gasteiger partial charge in [0.15, 0.2) is 6.23 Å². The van der Waals surface area contributed by atoms with Gasteiger partial charge in [-0.15, -0.1) is 0 Å². The average Bonchev–Trinajstić information content (AvgIpc) is 2.69. The van der Waals surface area contributed by atoms with Gasteiger partial charge in [0.25, 0.3) is 5.91 Å². The Kier molecular flexibility index (Phi) is 4.36. The molecule has 3 rings (SSSR count). The summed E-state index contributed by atoms with van der Waals surface area (Å²) >= 11 is 0. The predicted molar refractivity (Wildman–Crippen MR) is 84.2 cm³/mol. The van der Waals surface area contributed by atoms with E-state index in [2.05, 4.69) is 11.9 Å². The minimum absolute atomic E-state index is 0.0361. The summed E-state index contributed by atoms with van der Waals surface area (Å²) in [5.74, 6) is 0.0603. The molecule has 9 nitrogen and oxygen atoms in total. The molecule has 0 aromatic carbocycles. The van der Waals surface area contributed by atoms with E-state index in [4.69, 9.17) is 24.0 Å². The van der Waals surface area contributed by atoms with Crippen LogP contribution >= 0.6 is 7.82 Å². The van der Waals surface area contributed by atoms with Gasteiger partial charge in [0, 0.05) is 12.3 Å². The van der Waals surface area contributed by atoms with Crippen LogP contribution < -0.4 is 11.1 Å². The first kappa shape index (κ1) is 17.6. The number of phosphoric ester groups is 1. The van der Waals surface area contributed by atoms with Gasteiger partial charge in [0.1, 0.15) is 18.0 Å². The molecule has 0 aromatic heterocycles. The van der Waals surface area contributed by atoms with Crippen LogP contribution in [0, 0.1) is 0 Å². The summed E-state index contributed by atoms with van der Waals surface area (Å²) in [5, 5.41) is 2.59. The van der Waals surface area contributed by atoms with Crippen LogP contribution in [0.5, 0.6) is 0 Å². The van der Waals surface area contributed by atoms with Crippen molar-refractivity contribution in [3.8, 4) is 0 Å². The molecule has 0 saturated carbocycles. The van der Waals surface area contributed by atoms with Gasteiger partial charge in [-0.25, -0.2) is 4.57 Å². The first-order valence-corrected chi connectivity index (χ1v) is 9.10. The maximum absolute atomic E-state index is 12.6. The summed E-state index contributed by atoms with van der Waals surface area (Å²) in [6, 6.07) is 0. The van der Waals surface area contributed by atoms with Gasteiger partial charge >= 0.3 is 7.82 Å². The Hall–Kier alpha value is -1.22. The zero-order valence-electron chi connectivity index (χ0n) is 13.8. The number of hydrogen-bond donors (Lipinski definition) is 2. The number of nitrogens with zero attached hydrogens (tertiary/aromatic N) is 1. The first-order valence-electron chi connectivity index (χ1n) is 7.64. The standard InChI is InChI=1S/C14H22N3O6P/c1-8(2)22-24(19)20-7-10-12(23-24)14(4,15)13(21-10)17-6-5-11(18)16-9(17)3/h5-6,8,10,12-13H,3,7,15H2,1-2,4H3,(H,16,18)/t10-,12-,13-,14-,24-/m1/s1. The van der Waals surface area contributed by atoms with Crippen molar-refractivity contribution in [2.24, 2.45) is 5.73 Å². The van der Waals surface area contributed by atoms with Crippen LogP contribution in [-0.2, 0) is 27.7 Å². The van der Waals surface area contributed by atoms with E-state index in [1.807, 2.05) is 0 Å². The van der Waals surface area contributed by atoms with Crippen LogP contribution in [0.15, 0.2) is 24.7 Å². The molecular weight excluding hydrogens is 337 g/mol. The zero-order valence-corrected chi connectivity index (χ0v) is 14.7. The number of carbonyl (C=O) groups is 1. The largest absolute Gasteiger partial charge is 0.475 e. The van der Waals surface area contributed by atoms with Gasteiger partial charge in [-0.3, -0.25) is 18.4 Å². The van der Waals surface area contributed by atoms with Crippen LogP contribution in [0.25, 0.3) is 0 Å². The van der Waals surface area contributed by atoms with E-state index in [9.17, 15) is 9.36 Å². The van der Waals surface area contributed by atoms with Crippen molar-refractivity contribution in [2.45, 2.75) is 50.8 Å². The molecule has 24 heavy (non-hydrogen) atoms. The molecule has 5 atom stereocenters. The second kappa shape index (κ2) is 5.94. The molecule has 3 aliphatic heterocycles. The van der Waals surface area contributed by atoms with Crippen LogP contribution in [-0.4, -0.2) is 47.5 Å². The minimum Gasteiger partial charge on any atom is -0.347 e. The lowest BCUT2D eigenvalue weighted by atomic mass is 9.93. The lowest BCUT2D eigenvalue weighted by Crippen LogP contribution is -2.60. The fraction of sp³-hybridized carbons (Fsp3) is 0.643. The maximum atomic E-state index is 12.6. The summed E-state index contributed by atoms with van der Waals surface area (Å²) in [6.07, 6.45) is 0.682. The van der Waals surface area contributed by atoms with Crippen LogP contribution in [0.1, 0.15) is 20.8 Å². The fourth-order valence-electron chi connectivity index (χ4n) is 2.95. The molecule has 0 radical (unpaired) electrons. The molecule has 2 saturated heterocycles. The number of nitrogens with two attached hydrogens (primary N) is 1. The molecule has 0 aliphatic carbocycles. The van der Waals surface area contributed by atoms with E-state index >= 15 is 0 Å². The first-order chi connectivity index (χ1) is 11.1. The minimum atomic E-state index is -3.70. The topological polar surface area (TPSA) is 112 Å². The number of carbonyl (C=O) groups excluding carboxylic acids is 1. The van der Waals surface area contributed by atoms with E-state index < -0.39 is 31.8 Å². The summed E-state index contributed by atoms with van der Waals surface area (Å²) in [7, 11) is -3.70. The van der Waals surface area contributed by atoms with Crippen molar-refractivity contribution in [3.05, 3.63) is 24.7 Å². The Labute approximate surface area is 140 Å². The van der Waals surface area contributed by atoms with E-state index in [1.165, 1.54) is 6.08 Å². The third kappa shape index (κ3) is 3.03. The second-order valence-electron chi connectivity index (χ2n) is 6.48. The Bertz CT molecular complexity index is 634. The highest BCUT2D eigenvalue weighted by atomic mass is 31.2. The number of amides is 1. The summed E-state index contributed by atoms with van der Waals surface area (Å²) in [5.41, 5.74) is 5.40. The van der Waals surface area contributed by atoms with Crippen molar-refractivity contribution < 1.29 is 27.7 Å². The fourth-order valence-corrected chi connectivity index (χ4v) is 4.61. The average molecular weight is 359 g/mol. The number of fused-ring (bicyclic) bond motifs is 1. The molecule has 3 N–H and O–H groups in total. The van der Waals surface area contributed by atoms with Crippen LogP contribution in [0.2, 0.25) is 0 Å². The molecule has 3 aliphatic rings. The monoisotopic (exact) mass is 359 g/mol. The Morgan fingerprint density at radius 1 is 1.58 bits per heavy atom. The highest BCUT2D eigenvalue weighted by Gasteiger charge is 2.60. The van der Waals surface area contributed by atoms with Crippen LogP contribution in [0.3, 0.4) is 0 Å². The van der Waals surface area contributed by atoms with Gasteiger partial charge in [0.05, 0.1) is 18.2 Å². The molecule has 1 amide bonds. The Morgan fingerprint density at radius 2 is 2.29 bits per heavy atom. The van der Waals surface area contributed by atoms with Crippen molar-refractivity contribution in [2.75, 3.05) is 6.61 Å². The lowest BCUT2D eigenvalue weighted by Gasteiger charge is -2.39. The Morgan fingerprint density at radius 3 is 2.92 bits per heavy atom. The summed E-state index contributed by atoms with van der Waals surface area (Å²) in [4.78, 5) is 13.0. The number of rotatable bonds is 3. The van der Waals surface area contributed by atoms with E-state index in [0.717, 1.165) is 0 Å². The van der Waals surface area contributed by atoms with Crippen molar-refractivity contribution in [3.63, 3.8) is 0 Å². The van der Waals surface area contributed by atoms with E-state index in [0.29, 0.717) is 5.82 Å².